The maximum Gasteiger partial charge on any atom is 0.243 e. The molecule has 0 aliphatic rings. The molecule has 0 amide bonds. The van der Waals surface area contributed by atoms with Gasteiger partial charge < -0.3 is 15.0 Å². The van der Waals surface area contributed by atoms with Crippen molar-refractivity contribution in [1.29, 1.82) is 0 Å². The number of rotatable bonds is 9. The molecule has 0 saturated carbocycles. The Morgan fingerprint density at radius 1 is 0.949 bits per heavy atom. The smallest absolute Gasteiger partial charge is 0.243 e. The lowest BCUT2D eigenvalue weighted by atomic mass is 9.86. The maximum atomic E-state index is 6.32. The van der Waals surface area contributed by atoms with Crippen molar-refractivity contribution in [2.75, 3.05) is 18.9 Å². The topological polar surface area (TPSA) is 66.1 Å². The van der Waals surface area contributed by atoms with Crippen LogP contribution in [0, 0.1) is 0 Å². The third-order valence-electron chi connectivity index (χ3n) is 7.17. The highest BCUT2D eigenvalue weighted by Gasteiger charge is 2.20. The van der Waals surface area contributed by atoms with Crippen LogP contribution in [0.2, 0.25) is 0 Å². The number of imidazole rings is 1. The van der Waals surface area contributed by atoms with Crippen molar-refractivity contribution in [3.05, 3.63) is 108 Å². The summed E-state index contributed by atoms with van der Waals surface area (Å²) in [6.07, 6.45) is 2.76. The lowest BCUT2D eigenvalue weighted by Gasteiger charge is -2.25. The van der Waals surface area contributed by atoms with Crippen LogP contribution < -0.4 is 10.1 Å². The third kappa shape index (κ3) is 6.29. The summed E-state index contributed by atoms with van der Waals surface area (Å²) in [4.78, 5) is 15.1. The van der Waals surface area contributed by atoms with Crippen LogP contribution in [0.1, 0.15) is 50.4 Å². The fraction of sp³-hybridized carbons (Fsp3) is 0.273. The van der Waals surface area contributed by atoms with Crippen LogP contribution in [0.3, 0.4) is 0 Å². The highest BCUT2D eigenvalue weighted by Crippen LogP contribution is 2.36. The zero-order valence-corrected chi connectivity index (χ0v) is 23.4. The van der Waals surface area contributed by atoms with E-state index in [-0.39, 0.29) is 11.5 Å². The van der Waals surface area contributed by atoms with Crippen molar-refractivity contribution >= 4 is 22.7 Å². The number of H-pyrrole nitrogens is 1. The number of pyridine rings is 1. The minimum absolute atomic E-state index is 0.0534. The third-order valence-corrected chi connectivity index (χ3v) is 7.17. The number of hydrogen-bond acceptors (Lipinski definition) is 5. The average Bonchev–Trinajstić information content (AvgIpc) is 3.34. The van der Waals surface area contributed by atoms with Crippen LogP contribution >= 0.6 is 0 Å². The van der Waals surface area contributed by atoms with E-state index in [1.54, 1.807) is 6.20 Å². The average molecular weight is 520 g/mol. The van der Waals surface area contributed by atoms with Gasteiger partial charge in [-0.15, -0.1) is 0 Å². The number of fused-ring (bicyclic) bond motifs is 1. The van der Waals surface area contributed by atoms with Gasteiger partial charge in [0.25, 0.3) is 0 Å². The number of aromatic nitrogens is 3. The summed E-state index contributed by atoms with van der Waals surface area (Å²) < 4.78 is 6.32. The molecule has 1 unspecified atom stereocenters. The van der Waals surface area contributed by atoms with Crippen LogP contribution in [0.5, 0.6) is 11.6 Å². The van der Waals surface area contributed by atoms with Crippen molar-refractivity contribution in [2.24, 2.45) is 0 Å². The van der Waals surface area contributed by atoms with Gasteiger partial charge in [-0.25, -0.2) is 9.97 Å². The zero-order valence-electron chi connectivity index (χ0n) is 23.4. The number of nitrogens with zero attached hydrogens (tertiary/aromatic N) is 3. The number of hydrogen-bond donors (Lipinski definition) is 2. The van der Waals surface area contributed by atoms with Gasteiger partial charge in [-0.2, -0.15) is 0 Å². The number of ether oxygens (including phenoxy) is 1. The molecule has 0 radical (unpaired) electrons. The van der Waals surface area contributed by atoms with Crippen LogP contribution in [-0.2, 0) is 11.8 Å². The molecule has 2 N–H and O–H groups in total. The monoisotopic (exact) mass is 519 g/mol. The van der Waals surface area contributed by atoms with Crippen LogP contribution in [0.4, 0.5) is 11.6 Å². The Bertz CT molecular complexity index is 1540. The highest BCUT2D eigenvalue weighted by atomic mass is 16.5. The minimum Gasteiger partial charge on any atom is -0.437 e. The molecule has 200 valence electrons. The standard InChI is InChI=1S/C33H37N5O/c1-23(38(5)21-19-24-12-7-6-8-13-24)25-17-18-27-29(22-25)37-32(35-27)36-28-15-11-20-34-31(28)39-30-16-10-9-14-26(30)33(2,3)4/h6-18,20,22-23H,19,21H2,1-5H3,(H2,35,36,37). The van der Waals surface area contributed by atoms with E-state index < -0.39 is 0 Å². The Morgan fingerprint density at radius 3 is 2.51 bits per heavy atom. The van der Waals surface area contributed by atoms with Crippen LogP contribution in [0.25, 0.3) is 11.0 Å². The molecule has 5 rings (SSSR count). The number of anilines is 2. The molecule has 6 heteroatoms. The zero-order chi connectivity index (χ0) is 27.4. The molecule has 3 aromatic carbocycles. The van der Waals surface area contributed by atoms with Gasteiger partial charge in [0.1, 0.15) is 11.4 Å². The fourth-order valence-electron chi connectivity index (χ4n) is 4.72. The molecule has 0 aliphatic heterocycles. The maximum absolute atomic E-state index is 6.32. The normalized spacial score (nSPS) is 12.6. The van der Waals surface area contributed by atoms with Gasteiger partial charge in [0, 0.05) is 24.3 Å². The molecule has 5 aromatic rings. The second kappa shape index (κ2) is 11.3. The lowest BCUT2D eigenvalue weighted by Crippen LogP contribution is -2.24. The van der Waals surface area contributed by atoms with Gasteiger partial charge in [-0.05, 0) is 67.3 Å². The molecule has 2 heterocycles. The van der Waals surface area contributed by atoms with E-state index in [0.29, 0.717) is 11.8 Å². The first-order valence-electron chi connectivity index (χ1n) is 13.5. The Morgan fingerprint density at radius 2 is 1.72 bits per heavy atom. The molecule has 0 bridgehead atoms. The Hall–Kier alpha value is -4.16. The summed E-state index contributed by atoms with van der Waals surface area (Å²) in [5.41, 5.74) is 6.32. The molecule has 0 aliphatic carbocycles. The second-order valence-corrected chi connectivity index (χ2v) is 11.1. The summed E-state index contributed by atoms with van der Waals surface area (Å²) in [6.45, 7) is 9.77. The van der Waals surface area contributed by atoms with Crippen molar-refractivity contribution in [2.45, 2.75) is 45.6 Å². The number of para-hydroxylation sites is 1. The van der Waals surface area contributed by atoms with E-state index >= 15 is 0 Å². The van der Waals surface area contributed by atoms with E-state index in [1.807, 2.05) is 30.3 Å². The molecule has 0 saturated heterocycles. The number of nitrogens with one attached hydrogen (secondary N) is 2. The van der Waals surface area contributed by atoms with Crippen LogP contribution in [0.15, 0.2) is 91.1 Å². The Kier molecular flexibility index (Phi) is 7.66. The molecule has 39 heavy (non-hydrogen) atoms. The van der Waals surface area contributed by atoms with E-state index in [0.717, 1.165) is 41.0 Å². The summed E-state index contributed by atoms with van der Waals surface area (Å²) >= 11 is 0. The largest absolute Gasteiger partial charge is 0.437 e. The molecule has 1 atom stereocenters. The van der Waals surface area contributed by atoms with E-state index in [9.17, 15) is 0 Å². The first-order chi connectivity index (χ1) is 18.8. The predicted octanol–water partition coefficient (Wildman–Crippen LogP) is 8.03. The molecule has 0 fully saturated rings. The summed E-state index contributed by atoms with van der Waals surface area (Å²) in [6, 6.07) is 29.3. The van der Waals surface area contributed by atoms with Crippen molar-refractivity contribution in [3.63, 3.8) is 0 Å². The summed E-state index contributed by atoms with van der Waals surface area (Å²) in [5, 5.41) is 3.39. The first kappa shape index (κ1) is 26.4. The van der Waals surface area contributed by atoms with Gasteiger partial charge >= 0.3 is 0 Å². The van der Waals surface area contributed by atoms with Crippen molar-refractivity contribution < 1.29 is 4.74 Å². The van der Waals surface area contributed by atoms with E-state index in [2.05, 4.69) is 110 Å². The number of benzene rings is 3. The number of likely N-dealkylation sites (N-methyl/N-ethyl adjacent to an activating group) is 1. The fourth-order valence-corrected chi connectivity index (χ4v) is 4.72. The Balaban J connectivity index is 1.32. The molecular weight excluding hydrogens is 482 g/mol. The first-order valence-corrected chi connectivity index (χ1v) is 13.5. The van der Waals surface area contributed by atoms with Crippen molar-refractivity contribution in [3.8, 4) is 11.6 Å². The van der Waals surface area contributed by atoms with Gasteiger partial charge in [-0.1, -0.05) is 75.4 Å². The SMILES string of the molecule is CC(c1ccc2nc(Nc3cccnc3Oc3ccccc3C(C)(C)C)[nH]c2c1)N(C)CCc1ccccc1. The molecule has 2 aromatic heterocycles. The summed E-state index contributed by atoms with van der Waals surface area (Å²) in [5.74, 6) is 1.95. The molecule has 0 spiro atoms. The summed E-state index contributed by atoms with van der Waals surface area (Å²) in [7, 11) is 2.18. The van der Waals surface area contributed by atoms with Crippen molar-refractivity contribution in [1.82, 2.24) is 19.9 Å². The molecule has 6 nitrogen and oxygen atoms in total. The predicted molar refractivity (Wildman–Crippen MR) is 160 cm³/mol. The van der Waals surface area contributed by atoms with E-state index in [4.69, 9.17) is 9.72 Å². The second-order valence-electron chi connectivity index (χ2n) is 11.1. The molecular formula is C33H37N5O. The Labute approximate surface area is 231 Å². The number of aromatic amines is 1. The highest BCUT2D eigenvalue weighted by molar-refractivity contribution is 5.79. The van der Waals surface area contributed by atoms with E-state index in [1.165, 1.54) is 11.1 Å². The lowest BCUT2D eigenvalue weighted by molar-refractivity contribution is 0.265. The van der Waals surface area contributed by atoms with Gasteiger partial charge in [-0.3, -0.25) is 4.90 Å². The quantitative estimate of drug-likeness (QED) is 0.206. The van der Waals surface area contributed by atoms with Gasteiger partial charge in [0.15, 0.2) is 0 Å². The van der Waals surface area contributed by atoms with Crippen LogP contribution in [-0.4, -0.2) is 33.4 Å². The van der Waals surface area contributed by atoms with Gasteiger partial charge in [0.05, 0.1) is 11.0 Å². The van der Waals surface area contributed by atoms with Gasteiger partial charge in [0.2, 0.25) is 11.8 Å². The minimum atomic E-state index is -0.0534.